The predicted octanol–water partition coefficient (Wildman–Crippen LogP) is 2.53. The third-order valence-corrected chi connectivity index (χ3v) is 4.22. The largest absolute Gasteiger partial charge is 0.496 e. The normalized spacial score (nSPS) is 13.7. The monoisotopic (exact) mass is 340 g/mol. The molecule has 0 N–H and O–H groups in total. The number of amides is 1. The Balaban J connectivity index is 2.29. The van der Waals surface area contributed by atoms with E-state index in [1.807, 2.05) is 24.3 Å². The smallest absolute Gasteiger partial charge is 0.248 e. The van der Waals surface area contributed by atoms with E-state index < -0.39 is 0 Å². The van der Waals surface area contributed by atoms with Gasteiger partial charge in [-0.2, -0.15) is 0 Å². The number of rotatable bonds is 4. The molecule has 0 atom stereocenters. The quantitative estimate of drug-likeness (QED) is 0.858. The molecule has 1 amide bonds. The molecule has 2 aromatic carbocycles. The van der Waals surface area contributed by atoms with Crippen molar-refractivity contribution in [2.75, 3.05) is 39.8 Å². The maximum atomic E-state index is 12.3. The molecule has 0 spiro atoms. The zero-order valence-corrected chi connectivity index (χ0v) is 14.7. The maximum absolute atomic E-state index is 12.3. The summed E-state index contributed by atoms with van der Waals surface area (Å²) in [5.74, 6) is 1.69. The van der Waals surface area contributed by atoms with Crippen molar-refractivity contribution < 1.29 is 19.0 Å². The lowest BCUT2D eigenvalue weighted by Crippen LogP contribution is -2.27. The van der Waals surface area contributed by atoms with E-state index in [0.29, 0.717) is 28.5 Å². The third-order valence-electron chi connectivity index (χ3n) is 4.22. The topological polar surface area (TPSA) is 60.4 Å². The van der Waals surface area contributed by atoms with Crippen LogP contribution >= 0.6 is 0 Å². The van der Waals surface area contributed by atoms with Crippen molar-refractivity contribution in [2.45, 2.75) is 0 Å². The van der Waals surface area contributed by atoms with Crippen LogP contribution in [0, 0.1) is 0 Å². The fourth-order valence-electron chi connectivity index (χ4n) is 2.89. The van der Waals surface area contributed by atoms with E-state index in [1.165, 1.54) is 0 Å². The van der Waals surface area contributed by atoms with E-state index in [4.69, 9.17) is 14.2 Å². The van der Waals surface area contributed by atoms with Crippen molar-refractivity contribution in [3.63, 3.8) is 0 Å². The fraction of sp³-hybridized carbons (Fsp3) is 0.263. The minimum absolute atomic E-state index is 0.0544. The number of carbonyl (C=O) groups is 1. The summed E-state index contributed by atoms with van der Waals surface area (Å²) in [6.07, 6.45) is 0. The van der Waals surface area contributed by atoms with Crippen molar-refractivity contribution in [3.8, 4) is 17.2 Å². The minimum atomic E-state index is -0.0751. The number of hydrogen-bond acceptors (Lipinski definition) is 5. The second kappa shape index (κ2) is 6.84. The van der Waals surface area contributed by atoms with Gasteiger partial charge in [0.05, 0.1) is 38.3 Å². The SMILES string of the molecule is COc1cc(OC)c(C2=NCC(=O)N(C)c3ccccc32)c(OC)c1. The average Bonchev–Trinajstić information content (AvgIpc) is 2.78. The first-order valence-electron chi connectivity index (χ1n) is 7.81. The van der Waals surface area contributed by atoms with Crippen LogP contribution < -0.4 is 19.1 Å². The number of anilines is 1. The van der Waals surface area contributed by atoms with Gasteiger partial charge in [0.1, 0.15) is 23.8 Å². The molecule has 1 aliphatic heterocycles. The summed E-state index contributed by atoms with van der Waals surface area (Å²) < 4.78 is 16.4. The minimum Gasteiger partial charge on any atom is -0.496 e. The predicted molar refractivity (Wildman–Crippen MR) is 96.5 cm³/mol. The van der Waals surface area contributed by atoms with Gasteiger partial charge in [0.15, 0.2) is 0 Å². The number of fused-ring (bicyclic) bond motifs is 1. The number of hydrogen-bond donors (Lipinski definition) is 0. The van der Waals surface area contributed by atoms with Crippen LogP contribution in [0.15, 0.2) is 41.4 Å². The summed E-state index contributed by atoms with van der Waals surface area (Å²) in [7, 11) is 6.50. The van der Waals surface area contributed by atoms with Crippen LogP contribution in [0.25, 0.3) is 0 Å². The highest BCUT2D eigenvalue weighted by atomic mass is 16.5. The summed E-state index contributed by atoms with van der Waals surface area (Å²) in [6, 6.07) is 11.2. The number of benzodiazepines with no additional fused rings is 1. The molecule has 0 saturated heterocycles. The number of carbonyl (C=O) groups excluding carboxylic acids is 1. The lowest BCUT2D eigenvalue weighted by Gasteiger charge is -2.19. The molecule has 0 aliphatic carbocycles. The molecule has 6 nitrogen and oxygen atoms in total. The number of nitrogens with zero attached hydrogens (tertiary/aromatic N) is 2. The second-order valence-corrected chi connectivity index (χ2v) is 5.54. The molecular formula is C19H20N2O4. The van der Waals surface area contributed by atoms with Crippen LogP contribution in [0.3, 0.4) is 0 Å². The number of para-hydroxylation sites is 1. The molecule has 0 fully saturated rings. The third kappa shape index (κ3) is 2.91. The summed E-state index contributed by atoms with van der Waals surface area (Å²) in [5, 5.41) is 0. The molecule has 0 aromatic heterocycles. The highest BCUT2D eigenvalue weighted by Gasteiger charge is 2.26. The first-order chi connectivity index (χ1) is 12.1. The van der Waals surface area contributed by atoms with Gasteiger partial charge < -0.3 is 19.1 Å². The van der Waals surface area contributed by atoms with E-state index in [2.05, 4.69) is 4.99 Å². The summed E-state index contributed by atoms with van der Waals surface area (Å²) in [6.45, 7) is 0.0544. The molecule has 0 saturated carbocycles. The van der Waals surface area contributed by atoms with Crippen LogP contribution in [-0.4, -0.2) is 46.5 Å². The van der Waals surface area contributed by atoms with E-state index in [0.717, 1.165) is 11.3 Å². The van der Waals surface area contributed by atoms with Crippen molar-refractivity contribution in [2.24, 2.45) is 4.99 Å². The fourth-order valence-corrected chi connectivity index (χ4v) is 2.89. The number of methoxy groups -OCH3 is 3. The first kappa shape index (κ1) is 16.8. The van der Waals surface area contributed by atoms with Crippen LogP contribution in [0.2, 0.25) is 0 Å². The Bertz CT molecular complexity index is 820. The number of ether oxygens (including phenoxy) is 3. The van der Waals surface area contributed by atoms with E-state index in [1.54, 1.807) is 45.4 Å². The van der Waals surface area contributed by atoms with Gasteiger partial charge in [0, 0.05) is 24.7 Å². The van der Waals surface area contributed by atoms with Gasteiger partial charge in [-0.1, -0.05) is 18.2 Å². The zero-order chi connectivity index (χ0) is 18.0. The van der Waals surface area contributed by atoms with Crippen molar-refractivity contribution in [3.05, 3.63) is 47.5 Å². The van der Waals surface area contributed by atoms with Crippen molar-refractivity contribution >= 4 is 17.3 Å². The molecule has 1 aliphatic rings. The standard InChI is InChI=1S/C19H20N2O4/c1-21-14-8-6-5-7-13(14)19(20-11-17(21)22)18-15(24-3)9-12(23-2)10-16(18)25-4/h5-10H,11H2,1-4H3. The van der Waals surface area contributed by atoms with Gasteiger partial charge >= 0.3 is 0 Å². The van der Waals surface area contributed by atoms with E-state index in [9.17, 15) is 4.79 Å². The highest BCUT2D eigenvalue weighted by molar-refractivity contribution is 6.21. The Morgan fingerprint density at radius 1 is 1.00 bits per heavy atom. The molecule has 6 heteroatoms. The average molecular weight is 340 g/mol. The van der Waals surface area contributed by atoms with Gasteiger partial charge in [0.2, 0.25) is 5.91 Å². The number of aliphatic imine (C=N–C) groups is 1. The molecule has 0 bridgehead atoms. The Kier molecular flexibility index (Phi) is 4.61. The second-order valence-electron chi connectivity index (χ2n) is 5.54. The summed E-state index contributed by atoms with van der Waals surface area (Å²) in [4.78, 5) is 18.5. The Morgan fingerprint density at radius 2 is 1.64 bits per heavy atom. The molecule has 1 heterocycles. The van der Waals surface area contributed by atoms with E-state index >= 15 is 0 Å². The summed E-state index contributed by atoms with van der Waals surface area (Å²) >= 11 is 0. The lowest BCUT2D eigenvalue weighted by molar-refractivity contribution is -0.116. The van der Waals surface area contributed by atoms with Crippen LogP contribution in [-0.2, 0) is 4.79 Å². The van der Waals surface area contributed by atoms with Gasteiger partial charge in [-0.25, -0.2) is 0 Å². The first-order valence-corrected chi connectivity index (χ1v) is 7.81. The van der Waals surface area contributed by atoms with Crippen molar-refractivity contribution in [1.82, 2.24) is 0 Å². The molecule has 25 heavy (non-hydrogen) atoms. The van der Waals surface area contributed by atoms with E-state index in [-0.39, 0.29) is 12.5 Å². The van der Waals surface area contributed by atoms with Crippen LogP contribution in [0.1, 0.15) is 11.1 Å². The Morgan fingerprint density at radius 3 is 2.24 bits per heavy atom. The van der Waals surface area contributed by atoms with Gasteiger partial charge in [-0.05, 0) is 6.07 Å². The Hall–Kier alpha value is -3.02. The van der Waals surface area contributed by atoms with Gasteiger partial charge in [-0.3, -0.25) is 9.79 Å². The molecule has 3 rings (SSSR count). The Labute approximate surface area is 146 Å². The van der Waals surface area contributed by atoms with Crippen LogP contribution in [0.5, 0.6) is 17.2 Å². The molecule has 130 valence electrons. The highest BCUT2D eigenvalue weighted by Crippen LogP contribution is 2.38. The number of likely N-dealkylation sites (N-methyl/N-ethyl adjacent to an activating group) is 1. The maximum Gasteiger partial charge on any atom is 0.248 e. The van der Waals surface area contributed by atoms with Crippen LogP contribution in [0.4, 0.5) is 5.69 Å². The van der Waals surface area contributed by atoms with Gasteiger partial charge in [-0.15, -0.1) is 0 Å². The lowest BCUT2D eigenvalue weighted by atomic mass is 9.98. The summed E-state index contributed by atoms with van der Waals surface area (Å²) in [5.41, 5.74) is 2.99. The molecular weight excluding hydrogens is 320 g/mol. The molecule has 0 radical (unpaired) electrons. The molecule has 2 aromatic rings. The van der Waals surface area contributed by atoms with Gasteiger partial charge in [0.25, 0.3) is 0 Å². The zero-order valence-electron chi connectivity index (χ0n) is 14.7. The molecule has 0 unspecified atom stereocenters. The number of benzene rings is 2. The van der Waals surface area contributed by atoms with Crippen molar-refractivity contribution in [1.29, 1.82) is 0 Å².